The molecule has 3 heterocycles. The minimum atomic E-state index is -0.280. The number of hydrogen-bond donors (Lipinski definition) is 0. The number of amides is 1. The highest BCUT2D eigenvalue weighted by atomic mass is 16.3. The summed E-state index contributed by atoms with van der Waals surface area (Å²) in [5.41, 5.74) is 0.218. The molecule has 0 unspecified atom stereocenters. The van der Waals surface area contributed by atoms with Crippen molar-refractivity contribution in [1.82, 2.24) is 24.2 Å². The van der Waals surface area contributed by atoms with E-state index in [1.54, 1.807) is 32.5 Å². The van der Waals surface area contributed by atoms with Crippen molar-refractivity contribution in [2.45, 2.75) is 13.1 Å². The first-order chi connectivity index (χ1) is 10.6. The minimum Gasteiger partial charge on any atom is -0.467 e. The summed E-state index contributed by atoms with van der Waals surface area (Å²) in [6.45, 7) is 0.275. The summed E-state index contributed by atoms with van der Waals surface area (Å²) in [5, 5.41) is 4.39. The molecule has 3 rings (SSSR count). The number of hydrogen-bond acceptors (Lipinski definition) is 5. The van der Waals surface area contributed by atoms with E-state index >= 15 is 0 Å². The fourth-order valence-corrected chi connectivity index (χ4v) is 2.17. The second-order valence-electron chi connectivity index (χ2n) is 5.01. The Bertz CT molecular complexity index is 862. The lowest BCUT2D eigenvalue weighted by Gasteiger charge is -2.16. The van der Waals surface area contributed by atoms with Crippen molar-refractivity contribution in [2.24, 2.45) is 7.05 Å². The lowest BCUT2D eigenvalue weighted by molar-refractivity contribution is -0.131. The molecule has 0 fully saturated rings. The van der Waals surface area contributed by atoms with Crippen molar-refractivity contribution in [2.75, 3.05) is 7.05 Å². The number of furan rings is 1. The van der Waals surface area contributed by atoms with Crippen molar-refractivity contribution >= 4 is 16.9 Å². The first-order valence-corrected chi connectivity index (χ1v) is 6.70. The molecule has 3 aromatic rings. The molecule has 114 valence electrons. The van der Waals surface area contributed by atoms with Crippen LogP contribution >= 0.6 is 0 Å². The Morgan fingerprint density at radius 2 is 2.27 bits per heavy atom. The Labute approximate surface area is 125 Å². The van der Waals surface area contributed by atoms with Crippen LogP contribution in [-0.2, 0) is 24.9 Å². The van der Waals surface area contributed by atoms with E-state index in [1.165, 1.54) is 26.7 Å². The van der Waals surface area contributed by atoms with Gasteiger partial charge >= 0.3 is 0 Å². The summed E-state index contributed by atoms with van der Waals surface area (Å²) in [6, 6.07) is 3.55. The zero-order valence-electron chi connectivity index (χ0n) is 12.3. The third kappa shape index (κ3) is 2.50. The van der Waals surface area contributed by atoms with Crippen LogP contribution in [0.1, 0.15) is 5.76 Å². The van der Waals surface area contributed by atoms with Crippen LogP contribution in [0, 0.1) is 0 Å². The first-order valence-electron chi connectivity index (χ1n) is 6.70. The molecule has 0 radical (unpaired) electrons. The van der Waals surface area contributed by atoms with Crippen LogP contribution in [0.4, 0.5) is 0 Å². The lowest BCUT2D eigenvalue weighted by atomic mass is 10.4. The summed E-state index contributed by atoms with van der Waals surface area (Å²) in [7, 11) is 3.37. The van der Waals surface area contributed by atoms with Gasteiger partial charge in [0.2, 0.25) is 5.91 Å². The van der Waals surface area contributed by atoms with Crippen molar-refractivity contribution in [1.29, 1.82) is 0 Å². The van der Waals surface area contributed by atoms with Crippen molar-refractivity contribution in [3.05, 3.63) is 47.0 Å². The summed E-state index contributed by atoms with van der Waals surface area (Å²) in [5.74, 6) is 0.479. The van der Waals surface area contributed by atoms with Gasteiger partial charge in [-0.3, -0.25) is 18.8 Å². The van der Waals surface area contributed by atoms with Gasteiger partial charge in [-0.25, -0.2) is 4.98 Å². The normalized spacial score (nSPS) is 11.0. The molecule has 0 aliphatic heterocycles. The monoisotopic (exact) mass is 301 g/mol. The molecule has 0 atom stereocenters. The number of fused-ring (bicyclic) bond motifs is 1. The molecule has 0 aliphatic carbocycles. The molecule has 8 nitrogen and oxygen atoms in total. The van der Waals surface area contributed by atoms with Gasteiger partial charge in [0.15, 0.2) is 5.65 Å². The molecule has 1 amide bonds. The van der Waals surface area contributed by atoms with E-state index in [-0.39, 0.29) is 18.0 Å². The van der Waals surface area contributed by atoms with Gasteiger partial charge < -0.3 is 9.32 Å². The molecule has 0 spiro atoms. The predicted molar refractivity (Wildman–Crippen MR) is 78.0 cm³/mol. The molecular weight excluding hydrogens is 286 g/mol. The smallest absolute Gasteiger partial charge is 0.264 e. The highest BCUT2D eigenvalue weighted by molar-refractivity contribution is 5.77. The summed E-state index contributed by atoms with van der Waals surface area (Å²) >= 11 is 0. The fraction of sp³-hybridized carbons (Fsp3) is 0.286. The number of likely N-dealkylation sites (N-methyl/N-ethyl adjacent to an activating group) is 1. The third-order valence-electron chi connectivity index (χ3n) is 3.42. The number of carbonyl (C=O) groups excluding carboxylic acids is 1. The predicted octanol–water partition coefficient (Wildman–Crippen LogP) is 0.382. The fourth-order valence-electron chi connectivity index (χ4n) is 2.17. The molecule has 0 bridgehead atoms. The standard InChI is InChI=1S/C14H15N5O3/c1-17(7-10-4-3-5-22-10)12(20)8-19-9-15-13-11(14(19)21)6-16-18(13)2/h3-6,9H,7-8H2,1-2H3. The summed E-state index contributed by atoms with van der Waals surface area (Å²) < 4.78 is 8.01. The van der Waals surface area contributed by atoms with Crippen molar-refractivity contribution in [3.63, 3.8) is 0 Å². The molecule has 0 aromatic carbocycles. The van der Waals surface area contributed by atoms with Crippen LogP contribution in [0.15, 0.2) is 40.1 Å². The van der Waals surface area contributed by atoms with E-state index < -0.39 is 0 Å². The van der Waals surface area contributed by atoms with Gasteiger partial charge in [0.1, 0.15) is 24.0 Å². The number of carbonyl (C=O) groups is 1. The van der Waals surface area contributed by atoms with Gasteiger partial charge in [-0.05, 0) is 12.1 Å². The SMILES string of the molecule is CN(Cc1ccco1)C(=O)Cn1cnc2c(cnn2C)c1=O. The number of aromatic nitrogens is 4. The number of aryl methyl sites for hydroxylation is 1. The van der Waals surface area contributed by atoms with Gasteiger partial charge in [-0.15, -0.1) is 0 Å². The van der Waals surface area contributed by atoms with E-state index in [0.29, 0.717) is 23.3 Å². The topological polar surface area (TPSA) is 86.2 Å². The molecule has 22 heavy (non-hydrogen) atoms. The number of rotatable bonds is 4. The molecule has 0 saturated carbocycles. The Balaban J connectivity index is 1.79. The highest BCUT2D eigenvalue weighted by Crippen LogP contribution is 2.06. The van der Waals surface area contributed by atoms with Crippen LogP contribution in [0.25, 0.3) is 11.0 Å². The van der Waals surface area contributed by atoms with E-state index in [9.17, 15) is 9.59 Å². The Morgan fingerprint density at radius 1 is 1.45 bits per heavy atom. The molecule has 0 N–H and O–H groups in total. The third-order valence-corrected chi connectivity index (χ3v) is 3.42. The quantitative estimate of drug-likeness (QED) is 0.695. The first kappa shape index (κ1) is 14.1. The highest BCUT2D eigenvalue weighted by Gasteiger charge is 2.14. The Morgan fingerprint density at radius 3 is 3.00 bits per heavy atom. The zero-order chi connectivity index (χ0) is 15.7. The maximum atomic E-state index is 12.3. The molecule has 0 aliphatic rings. The van der Waals surface area contributed by atoms with Gasteiger partial charge in [-0.2, -0.15) is 5.10 Å². The van der Waals surface area contributed by atoms with Gasteiger partial charge in [0.25, 0.3) is 5.56 Å². The Hall–Kier alpha value is -2.90. The van der Waals surface area contributed by atoms with E-state index in [2.05, 4.69) is 10.1 Å². The van der Waals surface area contributed by atoms with E-state index in [4.69, 9.17) is 4.42 Å². The maximum Gasteiger partial charge on any atom is 0.264 e. The van der Waals surface area contributed by atoms with E-state index in [0.717, 1.165) is 0 Å². The average molecular weight is 301 g/mol. The van der Waals surface area contributed by atoms with Crippen LogP contribution in [0.3, 0.4) is 0 Å². The van der Waals surface area contributed by atoms with Crippen molar-refractivity contribution in [3.8, 4) is 0 Å². The van der Waals surface area contributed by atoms with Gasteiger partial charge in [-0.1, -0.05) is 0 Å². The van der Waals surface area contributed by atoms with Crippen molar-refractivity contribution < 1.29 is 9.21 Å². The van der Waals surface area contributed by atoms with Crippen LogP contribution in [-0.4, -0.2) is 37.2 Å². The second kappa shape index (κ2) is 5.47. The number of nitrogens with zero attached hydrogens (tertiary/aromatic N) is 5. The molecule has 3 aromatic heterocycles. The molecule has 8 heteroatoms. The van der Waals surface area contributed by atoms with E-state index in [1.807, 2.05) is 0 Å². The van der Waals surface area contributed by atoms with Crippen LogP contribution < -0.4 is 5.56 Å². The van der Waals surface area contributed by atoms with Gasteiger partial charge in [0, 0.05) is 14.1 Å². The molecule has 0 saturated heterocycles. The molecular formula is C14H15N5O3. The second-order valence-corrected chi connectivity index (χ2v) is 5.01. The van der Waals surface area contributed by atoms with Crippen LogP contribution in [0.2, 0.25) is 0 Å². The van der Waals surface area contributed by atoms with Gasteiger partial charge in [0.05, 0.1) is 19.0 Å². The maximum absolute atomic E-state index is 12.3. The average Bonchev–Trinajstić information content (AvgIpc) is 3.12. The zero-order valence-corrected chi connectivity index (χ0v) is 12.3. The largest absolute Gasteiger partial charge is 0.467 e. The summed E-state index contributed by atoms with van der Waals surface area (Å²) in [6.07, 6.45) is 4.38. The Kier molecular flexibility index (Phi) is 3.50. The minimum absolute atomic E-state index is 0.0755. The summed E-state index contributed by atoms with van der Waals surface area (Å²) in [4.78, 5) is 30.2. The lowest BCUT2D eigenvalue weighted by Crippen LogP contribution is -2.33. The van der Waals surface area contributed by atoms with Crippen LogP contribution in [0.5, 0.6) is 0 Å².